The molecule has 6 aromatic rings. The lowest BCUT2D eigenvalue weighted by Gasteiger charge is -2.26. The van der Waals surface area contributed by atoms with Crippen molar-refractivity contribution in [3.8, 4) is 11.5 Å². The molecule has 5 heterocycles. The Labute approximate surface area is 364 Å². The highest BCUT2D eigenvalue weighted by Crippen LogP contribution is 2.33. The van der Waals surface area contributed by atoms with Gasteiger partial charge in [-0.15, -0.1) is 0 Å². The summed E-state index contributed by atoms with van der Waals surface area (Å²) in [5.41, 5.74) is 15.7. The van der Waals surface area contributed by atoms with Crippen LogP contribution in [0.15, 0.2) is 48.6 Å². The van der Waals surface area contributed by atoms with Crippen molar-refractivity contribution in [3.63, 3.8) is 0 Å². The number of hydrogen-bond acceptors (Lipinski definition) is 12. The van der Waals surface area contributed by atoms with E-state index in [4.69, 9.17) is 35.6 Å². The first-order valence-corrected chi connectivity index (χ1v) is 20.4. The van der Waals surface area contributed by atoms with Crippen LogP contribution in [0.3, 0.4) is 0 Å². The van der Waals surface area contributed by atoms with Gasteiger partial charge in [0.05, 0.1) is 49.4 Å². The molecule has 1 aliphatic rings. The van der Waals surface area contributed by atoms with Gasteiger partial charge in [0, 0.05) is 56.9 Å². The van der Waals surface area contributed by atoms with Gasteiger partial charge < -0.3 is 34.8 Å². The van der Waals surface area contributed by atoms with Crippen LogP contribution in [0.5, 0.6) is 11.5 Å². The molecule has 63 heavy (non-hydrogen) atoms. The van der Waals surface area contributed by atoms with E-state index in [9.17, 15) is 19.2 Å². The van der Waals surface area contributed by atoms with Gasteiger partial charge in [-0.1, -0.05) is 19.6 Å². The molecule has 2 aromatic carbocycles. The molecule has 0 aliphatic carbocycles. The molecular weight excluding hydrogens is 811 g/mol. The Kier molecular flexibility index (Phi) is 14.3. The summed E-state index contributed by atoms with van der Waals surface area (Å²) in [6, 6.07) is 9.61. The number of ether oxygens (including phenoxy) is 3. The number of aryl methyl sites for hydroxylation is 4. The highest BCUT2D eigenvalue weighted by Gasteiger charge is 2.24. The van der Waals surface area contributed by atoms with Gasteiger partial charge in [-0.05, 0) is 70.5 Å². The van der Waals surface area contributed by atoms with E-state index in [0.717, 1.165) is 19.6 Å². The first kappa shape index (κ1) is 45.5. The molecule has 1 saturated heterocycles. The lowest BCUT2D eigenvalue weighted by Crippen LogP contribution is -2.37. The molecule has 0 saturated carbocycles. The van der Waals surface area contributed by atoms with Crippen LogP contribution in [0.1, 0.15) is 80.8 Å². The van der Waals surface area contributed by atoms with Crippen LogP contribution in [-0.4, -0.2) is 114 Å². The minimum absolute atomic E-state index is 0. The molecule has 1 fully saturated rings. The van der Waals surface area contributed by atoms with Crippen LogP contribution in [0, 0.1) is 13.8 Å². The summed E-state index contributed by atoms with van der Waals surface area (Å²) >= 11 is 0. The maximum Gasteiger partial charge on any atom is 0.276 e. The van der Waals surface area contributed by atoms with Crippen molar-refractivity contribution in [2.24, 2.45) is 11.5 Å². The van der Waals surface area contributed by atoms with Crippen LogP contribution in [0.25, 0.3) is 22.1 Å². The number of primary amides is 2. The number of nitrogens with two attached hydrogens (primary N) is 2. The second kappa shape index (κ2) is 19.8. The molecule has 0 atom stereocenters. The zero-order valence-electron chi connectivity index (χ0n) is 35.4. The summed E-state index contributed by atoms with van der Waals surface area (Å²) < 4.78 is 24.3. The van der Waals surface area contributed by atoms with Crippen molar-refractivity contribution >= 4 is 57.6 Å². The lowest BCUT2D eigenvalue weighted by atomic mass is 10.1. The number of nitrogens with one attached hydrogen (secondary N) is 2. The largest absolute Gasteiger partial charge is 0.494 e. The van der Waals surface area contributed by atoms with E-state index in [2.05, 4.69) is 25.7 Å². The van der Waals surface area contributed by atoms with Crippen LogP contribution >= 0.6 is 0 Å². The number of rotatable bonds is 18. The Morgan fingerprint density at radius 1 is 0.746 bits per heavy atom. The number of amides is 4. The van der Waals surface area contributed by atoms with Crippen molar-refractivity contribution in [3.05, 3.63) is 82.5 Å². The van der Waals surface area contributed by atoms with Gasteiger partial charge >= 0.3 is 0 Å². The topological polar surface area (TPSA) is 247 Å². The van der Waals surface area contributed by atoms with Crippen LogP contribution in [0.4, 0.5) is 11.9 Å². The van der Waals surface area contributed by atoms with Gasteiger partial charge in [-0.2, -0.15) is 10.2 Å². The fourth-order valence-corrected chi connectivity index (χ4v) is 7.48. The summed E-state index contributed by atoms with van der Waals surface area (Å²) in [6.07, 6.45) is 4.42. The molecule has 7 rings (SSSR count). The number of aromatic nitrogens is 8. The third-order valence-corrected chi connectivity index (χ3v) is 10.4. The second-order valence-electron chi connectivity index (χ2n) is 14.7. The monoisotopic (exact) mass is 865 g/mol. The van der Waals surface area contributed by atoms with E-state index in [-0.39, 0.29) is 43.5 Å². The fraction of sp³-hybridized carbons (Fsp3) is 0.395. The Morgan fingerprint density at radius 2 is 1.22 bits per heavy atom. The predicted molar refractivity (Wildman–Crippen MR) is 237 cm³/mol. The first-order valence-electron chi connectivity index (χ1n) is 20.4. The molecule has 0 radical (unpaired) electrons. The number of imidazole rings is 2. The van der Waals surface area contributed by atoms with Crippen LogP contribution in [-0.2, 0) is 30.9 Å². The molecule has 0 bridgehead atoms. The Balaban J connectivity index is 0.00000661. The van der Waals surface area contributed by atoms with E-state index in [1.807, 2.05) is 32.9 Å². The molecule has 334 valence electrons. The van der Waals surface area contributed by atoms with Gasteiger partial charge in [-0.25, -0.2) is 9.97 Å². The number of hydrogen-bond donors (Lipinski definition) is 4. The molecule has 6 N–H and O–H groups in total. The second-order valence-corrected chi connectivity index (χ2v) is 14.7. The van der Waals surface area contributed by atoms with E-state index >= 15 is 0 Å². The van der Waals surface area contributed by atoms with Crippen molar-refractivity contribution < 1.29 is 33.4 Å². The Morgan fingerprint density at radius 3 is 1.68 bits per heavy atom. The minimum atomic E-state index is -0.666. The summed E-state index contributed by atoms with van der Waals surface area (Å²) in [4.78, 5) is 64.1. The summed E-state index contributed by atoms with van der Waals surface area (Å²) in [5.74, 6) is -1.11. The van der Waals surface area contributed by atoms with E-state index in [0.29, 0.717) is 95.7 Å². The van der Waals surface area contributed by atoms with E-state index in [1.165, 1.54) is 19.2 Å². The zero-order valence-corrected chi connectivity index (χ0v) is 35.4. The van der Waals surface area contributed by atoms with Crippen LogP contribution in [0.2, 0.25) is 0 Å². The first-order chi connectivity index (χ1) is 29.9. The van der Waals surface area contributed by atoms with Gasteiger partial charge in [0.2, 0.25) is 23.7 Å². The molecule has 20 heteroatoms. The Bertz CT molecular complexity index is 2680. The Hall–Kier alpha value is -7.06. The number of fused-ring (bicyclic) bond motifs is 2. The predicted octanol–water partition coefficient (Wildman–Crippen LogP) is 4.14. The standard InChI is InChI=1S/C42H51N13O7.CH4/c1-6-54-31(19-25(3)49-54)39(58)47-41-45-29-21-27(37(43)56)23-33(60-5)35(29)52(41)12-8-9-13-53-36-30(46-42(53)48-40(59)32-20-26(4)50-55(32)7-2)22-28(38(44)57)24-34(36)62-16-10-11-51-14-17-61-18-15-51;/h8-9,19-24H,6-7,10-18H2,1-5H3,(H2,43,56)(H2,44,57)(H,45,47,58)(H,46,48,59);1H4/b9-8+;. The lowest BCUT2D eigenvalue weighted by molar-refractivity contribution is 0.0358. The number of carbonyl (C=O) groups is 4. The van der Waals surface area contributed by atoms with Gasteiger partial charge in [0.1, 0.15) is 33.9 Å². The molecule has 0 spiro atoms. The number of anilines is 2. The normalized spacial score (nSPS) is 13.1. The third kappa shape index (κ3) is 9.86. The molecular formula is C43H55N13O7. The number of morpholine rings is 1. The molecule has 1 aliphatic heterocycles. The maximum absolute atomic E-state index is 13.8. The zero-order chi connectivity index (χ0) is 44.1. The molecule has 4 aromatic heterocycles. The number of benzene rings is 2. The molecule has 4 amide bonds. The smallest absolute Gasteiger partial charge is 0.276 e. The van der Waals surface area contributed by atoms with Crippen molar-refractivity contribution in [2.75, 3.05) is 57.2 Å². The SMILES string of the molecule is C.CCn1nc(C)cc1C(=O)Nc1nc2cc(C(N)=O)cc(OC)c2n1C/C=C/Cn1c(NC(=O)c2cc(C)nn2CC)nc2cc(C(N)=O)cc(OCCCN3CCOCC3)c21. The highest BCUT2D eigenvalue weighted by molar-refractivity contribution is 6.05. The highest BCUT2D eigenvalue weighted by atomic mass is 16.5. The number of methoxy groups -OCH3 is 1. The number of allylic oxidation sites excluding steroid dienone is 2. The van der Waals surface area contributed by atoms with Gasteiger partial charge in [0.25, 0.3) is 11.8 Å². The summed E-state index contributed by atoms with van der Waals surface area (Å²) in [7, 11) is 1.47. The fourth-order valence-electron chi connectivity index (χ4n) is 7.48. The van der Waals surface area contributed by atoms with Gasteiger partial charge in [-0.3, -0.25) is 44.1 Å². The van der Waals surface area contributed by atoms with Gasteiger partial charge in [0.15, 0.2) is 0 Å². The van der Waals surface area contributed by atoms with Crippen LogP contribution < -0.4 is 31.6 Å². The number of nitrogens with zero attached hydrogens (tertiary/aromatic N) is 9. The minimum Gasteiger partial charge on any atom is -0.494 e. The average Bonchev–Trinajstić information content (AvgIpc) is 4.03. The van der Waals surface area contributed by atoms with Crippen molar-refractivity contribution in [2.45, 2.75) is 67.7 Å². The number of carbonyl (C=O) groups excluding carboxylic acids is 4. The maximum atomic E-state index is 13.8. The molecule has 0 unspecified atom stereocenters. The average molecular weight is 866 g/mol. The molecule has 20 nitrogen and oxygen atoms in total. The quantitative estimate of drug-likeness (QED) is 0.0704. The van der Waals surface area contributed by atoms with Crippen molar-refractivity contribution in [1.82, 2.24) is 43.6 Å². The summed E-state index contributed by atoms with van der Waals surface area (Å²) in [6.45, 7) is 12.9. The van der Waals surface area contributed by atoms with Crippen molar-refractivity contribution in [1.29, 1.82) is 0 Å². The third-order valence-electron chi connectivity index (χ3n) is 10.4. The van der Waals surface area contributed by atoms with E-state index in [1.54, 1.807) is 49.7 Å². The summed E-state index contributed by atoms with van der Waals surface area (Å²) in [5, 5.41) is 14.7. The van der Waals surface area contributed by atoms with E-state index < -0.39 is 23.6 Å².